The summed E-state index contributed by atoms with van der Waals surface area (Å²) < 4.78 is 1.56. The summed E-state index contributed by atoms with van der Waals surface area (Å²) in [7, 11) is 0. The molecule has 25 heavy (non-hydrogen) atoms. The van der Waals surface area contributed by atoms with Gasteiger partial charge >= 0.3 is 0 Å². The van der Waals surface area contributed by atoms with Crippen LogP contribution in [0.5, 0.6) is 0 Å². The number of thioether (sulfide) groups is 1. The molecular weight excluding hydrogens is 334 g/mol. The Hall–Kier alpha value is -1.82. The van der Waals surface area contributed by atoms with Gasteiger partial charge in [-0.25, -0.2) is 4.98 Å². The zero-order valence-electron chi connectivity index (χ0n) is 14.9. The molecule has 0 bridgehead atoms. The van der Waals surface area contributed by atoms with Gasteiger partial charge in [0, 0.05) is 30.6 Å². The molecule has 0 aliphatic carbocycles. The molecule has 2 aromatic heterocycles. The summed E-state index contributed by atoms with van der Waals surface area (Å²) in [6, 6.07) is 5.77. The van der Waals surface area contributed by atoms with Crippen LogP contribution in [0.1, 0.15) is 43.9 Å². The summed E-state index contributed by atoms with van der Waals surface area (Å²) in [5, 5.41) is 0. The number of likely N-dealkylation sites (tertiary alicyclic amines) is 1. The van der Waals surface area contributed by atoms with Crippen molar-refractivity contribution in [1.82, 2.24) is 14.3 Å². The molecule has 0 unspecified atom stereocenters. The van der Waals surface area contributed by atoms with Gasteiger partial charge < -0.3 is 4.90 Å². The van der Waals surface area contributed by atoms with Crippen LogP contribution in [0.3, 0.4) is 0 Å². The van der Waals surface area contributed by atoms with Crippen molar-refractivity contribution in [2.75, 3.05) is 12.3 Å². The number of carbonyl (C=O) groups excluding carboxylic acids is 1. The van der Waals surface area contributed by atoms with Crippen LogP contribution < -0.4 is 5.56 Å². The van der Waals surface area contributed by atoms with E-state index in [9.17, 15) is 9.59 Å². The van der Waals surface area contributed by atoms with Crippen LogP contribution in [0.4, 0.5) is 0 Å². The van der Waals surface area contributed by atoms with Gasteiger partial charge in [-0.05, 0) is 44.2 Å². The molecule has 1 amide bonds. The molecule has 5 nitrogen and oxygen atoms in total. The summed E-state index contributed by atoms with van der Waals surface area (Å²) >= 11 is 1.54. The molecule has 0 radical (unpaired) electrons. The van der Waals surface area contributed by atoms with E-state index in [0.717, 1.165) is 37.1 Å². The minimum absolute atomic E-state index is 0.0716. The molecule has 1 fully saturated rings. The number of piperidine rings is 1. The van der Waals surface area contributed by atoms with Gasteiger partial charge in [0.2, 0.25) is 5.91 Å². The molecule has 2 aromatic rings. The Bertz CT molecular complexity index is 818. The van der Waals surface area contributed by atoms with E-state index in [4.69, 9.17) is 0 Å². The lowest BCUT2D eigenvalue weighted by Crippen LogP contribution is -2.44. The van der Waals surface area contributed by atoms with Crippen LogP contribution in [0.15, 0.2) is 29.2 Å². The first-order valence-electron chi connectivity index (χ1n) is 8.94. The summed E-state index contributed by atoms with van der Waals surface area (Å²) in [5.74, 6) is 1.24. The highest BCUT2D eigenvalue weighted by atomic mass is 32.2. The highest BCUT2D eigenvalue weighted by Gasteiger charge is 2.24. The topological polar surface area (TPSA) is 54.7 Å². The smallest absolute Gasteiger partial charge is 0.258 e. The minimum Gasteiger partial charge on any atom is -0.339 e. The lowest BCUT2D eigenvalue weighted by atomic mass is 10.0. The van der Waals surface area contributed by atoms with Gasteiger partial charge in [0.05, 0.1) is 11.4 Å². The molecule has 1 atom stereocenters. The van der Waals surface area contributed by atoms with Gasteiger partial charge in [-0.1, -0.05) is 13.0 Å². The zero-order chi connectivity index (χ0) is 17.8. The van der Waals surface area contributed by atoms with Crippen molar-refractivity contribution in [2.45, 2.75) is 51.3 Å². The number of fused-ring (bicyclic) bond motifs is 1. The second-order valence-corrected chi connectivity index (χ2v) is 7.64. The van der Waals surface area contributed by atoms with Crippen LogP contribution in [0.2, 0.25) is 0 Å². The van der Waals surface area contributed by atoms with Gasteiger partial charge in [-0.15, -0.1) is 11.8 Å². The van der Waals surface area contributed by atoms with Crippen molar-refractivity contribution in [3.8, 4) is 0 Å². The fourth-order valence-electron chi connectivity index (χ4n) is 3.41. The fraction of sp³-hybridized carbons (Fsp3) is 0.526. The van der Waals surface area contributed by atoms with Crippen LogP contribution >= 0.6 is 11.8 Å². The third-order valence-electron chi connectivity index (χ3n) is 4.75. The molecule has 134 valence electrons. The van der Waals surface area contributed by atoms with Crippen LogP contribution in [0.25, 0.3) is 5.65 Å². The Morgan fingerprint density at radius 2 is 2.20 bits per heavy atom. The third-order valence-corrected chi connectivity index (χ3v) is 5.71. The molecule has 1 aliphatic heterocycles. The van der Waals surface area contributed by atoms with Crippen molar-refractivity contribution in [3.63, 3.8) is 0 Å². The van der Waals surface area contributed by atoms with E-state index < -0.39 is 0 Å². The lowest BCUT2D eigenvalue weighted by molar-refractivity contribution is -0.132. The molecule has 0 spiro atoms. The van der Waals surface area contributed by atoms with Crippen LogP contribution in [-0.2, 0) is 10.5 Å². The van der Waals surface area contributed by atoms with E-state index in [2.05, 4.69) is 11.9 Å². The SMILES string of the molecule is CC[C@@H]1CCCCN1C(=O)CSCc1cc(=O)n2cc(C)ccc2n1. The van der Waals surface area contributed by atoms with E-state index in [0.29, 0.717) is 23.2 Å². The molecule has 1 saturated heterocycles. The maximum atomic E-state index is 12.5. The first-order chi connectivity index (χ1) is 12.1. The van der Waals surface area contributed by atoms with E-state index in [1.165, 1.54) is 18.2 Å². The first-order valence-corrected chi connectivity index (χ1v) is 10.1. The van der Waals surface area contributed by atoms with Crippen molar-refractivity contribution in [1.29, 1.82) is 0 Å². The highest BCUT2D eigenvalue weighted by molar-refractivity contribution is 7.99. The summed E-state index contributed by atoms with van der Waals surface area (Å²) in [5.41, 5.74) is 2.34. The maximum Gasteiger partial charge on any atom is 0.258 e. The molecule has 6 heteroatoms. The van der Waals surface area contributed by atoms with Crippen molar-refractivity contribution < 1.29 is 4.79 Å². The van der Waals surface area contributed by atoms with Crippen molar-refractivity contribution in [2.24, 2.45) is 0 Å². The van der Waals surface area contributed by atoms with Gasteiger partial charge in [0.25, 0.3) is 5.56 Å². The van der Waals surface area contributed by atoms with E-state index in [1.54, 1.807) is 16.7 Å². The minimum atomic E-state index is -0.0716. The third kappa shape index (κ3) is 4.24. The van der Waals surface area contributed by atoms with Crippen LogP contribution in [0, 0.1) is 6.92 Å². The normalized spacial score (nSPS) is 17.8. The Balaban J connectivity index is 1.62. The molecule has 1 aliphatic rings. The Labute approximate surface area is 152 Å². The van der Waals surface area contributed by atoms with E-state index >= 15 is 0 Å². The number of carbonyl (C=O) groups is 1. The number of pyridine rings is 1. The number of amides is 1. The van der Waals surface area contributed by atoms with E-state index in [-0.39, 0.29) is 11.5 Å². The summed E-state index contributed by atoms with van der Waals surface area (Å²) in [6.45, 7) is 4.98. The summed E-state index contributed by atoms with van der Waals surface area (Å²) in [6.07, 6.45) is 6.27. The zero-order valence-corrected chi connectivity index (χ0v) is 15.7. The molecular formula is C19H25N3O2S. The standard InChI is InChI=1S/C19H25N3O2S/c1-3-16-6-4-5-9-21(16)19(24)13-25-12-15-10-18(23)22-11-14(2)7-8-17(22)20-15/h7-8,10-11,16H,3-6,9,12-13H2,1-2H3/t16-/m1/s1. The van der Waals surface area contributed by atoms with Gasteiger partial charge in [-0.3, -0.25) is 14.0 Å². The number of nitrogens with zero attached hydrogens (tertiary/aromatic N) is 3. The molecule has 3 rings (SSSR count). The Kier molecular flexibility index (Phi) is 5.78. The second-order valence-electron chi connectivity index (χ2n) is 6.66. The van der Waals surface area contributed by atoms with Crippen molar-refractivity contribution >= 4 is 23.3 Å². The number of rotatable bonds is 5. The Morgan fingerprint density at radius 3 is 3.00 bits per heavy atom. The molecule has 3 heterocycles. The molecule has 0 aromatic carbocycles. The number of hydrogen-bond donors (Lipinski definition) is 0. The van der Waals surface area contributed by atoms with Crippen LogP contribution in [-0.4, -0.2) is 38.5 Å². The van der Waals surface area contributed by atoms with E-state index in [1.807, 2.05) is 24.0 Å². The largest absolute Gasteiger partial charge is 0.339 e. The van der Waals surface area contributed by atoms with Gasteiger partial charge in [0.15, 0.2) is 0 Å². The first kappa shape index (κ1) is 18.0. The maximum absolute atomic E-state index is 12.5. The Morgan fingerprint density at radius 1 is 1.36 bits per heavy atom. The molecule has 0 N–H and O–H groups in total. The predicted octanol–water partition coefficient (Wildman–Crippen LogP) is 3.03. The number of hydrogen-bond acceptors (Lipinski definition) is 4. The van der Waals surface area contributed by atoms with Gasteiger partial charge in [-0.2, -0.15) is 0 Å². The monoisotopic (exact) mass is 359 g/mol. The average molecular weight is 359 g/mol. The molecule has 0 saturated carbocycles. The second kappa shape index (κ2) is 8.04. The lowest BCUT2D eigenvalue weighted by Gasteiger charge is -2.35. The van der Waals surface area contributed by atoms with Crippen molar-refractivity contribution in [3.05, 3.63) is 46.0 Å². The number of aryl methyl sites for hydroxylation is 1. The highest BCUT2D eigenvalue weighted by Crippen LogP contribution is 2.21. The predicted molar refractivity (Wildman–Crippen MR) is 102 cm³/mol. The summed E-state index contributed by atoms with van der Waals surface area (Å²) in [4.78, 5) is 31.3. The number of aromatic nitrogens is 2. The fourth-order valence-corrected chi connectivity index (χ4v) is 4.21. The van der Waals surface area contributed by atoms with Gasteiger partial charge in [0.1, 0.15) is 5.65 Å². The quantitative estimate of drug-likeness (QED) is 0.823. The average Bonchev–Trinajstić information content (AvgIpc) is 2.62.